The zero-order chi connectivity index (χ0) is 19.2. The van der Waals surface area contributed by atoms with E-state index in [9.17, 15) is 5.11 Å². The number of nitrogens with zero attached hydrogens (tertiary/aromatic N) is 2. The van der Waals surface area contributed by atoms with E-state index in [1.54, 1.807) is 12.1 Å². The summed E-state index contributed by atoms with van der Waals surface area (Å²) < 4.78 is 10.8. The number of fused-ring (bicyclic) bond motifs is 1. The molecule has 0 saturated carbocycles. The van der Waals surface area contributed by atoms with Gasteiger partial charge in [-0.05, 0) is 42.3 Å². The van der Waals surface area contributed by atoms with E-state index in [0.29, 0.717) is 11.6 Å². The molecule has 1 aliphatic rings. The average Bonchev–Trinajstić information content (AvgIpc) is 3.13. The minimum Gasteiger partial charge on any atom is -0.454 e. The van der Waals surface area contributed by atoms with Gasteiger partial charge in [-0.2, -0.15) is 0 Å². The van der Waals surface area contributed by atoms with E-state index >= 15 is 0 Å². The Bertz CT molecular complexity index is 802. The lowest BCUT2D eigenvalue weighted by molar-refractivity contribution is 0.174. The van der Waals surface area contributed by atoms with Crippen molar-refractivity contribution in [3.63, 3.8) is 0 Å². The molecule has 0 spiro atoms. The largest absolute Gasteiger partial charge is 0.454 e. The molecule has 0 fully saturated rings. The standard InChI is InChI=1S/C20H24ClN3O3.HI/c1-3-22-20(23-11-17(25)15-5-7-16(21)8-6-15)24(2)12-14-4-9-18-19(10-14)27-13-26-18;/h4-10,17,25H,3,11-13H2,1-2H3,(H,22,23);1H. The third-order valence-electron chi connectivity index (χ3n) is 4.22. The van der Waals surface area contributed by atoms with E-state index in [1.165, 1.54) is 0 Å². The molecule has 152 valence electrons. The number of hydrogen-bond donors (Lipinski definition) is 2. The van der Waals surface area contributed by atoms with Gasteiger partial charge >= 0.3 is 0 Å². The first-order valence-electron chi connectivity index (χ1n) is 8.88. The second-order valence-electron chi connectivity index (χ2n) is 6.31. The molecule has 1 aliphatic heterocycles. The number of aliphatic imine (C=N–C) groups is 1. The van der Waals surface area contributed by atoms with Crippen LogP contribution in [0.4, 0.5) is 0 Å². The molecule has 2 N–H and O–H groups in total. The van der Waals surface area contributed by atoms with Crippen molar-refractivity contribution in [2.24, 2.45) is 4.99 Å². The molecule has 0 bridgehead atoms. The van der Waals surface area contributed by atoms with Gasteiger partial charge in [0.05, 0.1) is 12.6 Å². The van der Waals surface area contributed by atoms with Crippen molar-refractivity contribution in [3.05, 3.63) is 58.6 Å². The molecule has 0 aromatic heterocycles. The van der Waals surface area contributed by atoms with Gasteiger partial charge in [0.1, 0.15) is 0 Å². The fourth-order valence-corrected chi connectivity index (χ4v) is 2.95. The Morgan fingerprint density at radius 1 is 1.21 bits per heavy atom. The SMILES string of the molecule is CCNC(=NCC(O)c1ccc(Cl)cc1)N(C)Cc1ccc2c(c1)OCO2.I. The van der Waals surface area contributed by atoms with Gasteiger partial charge in [-0.3, -0.25) is 4.99 Å². The van der Waals surface area contributed by atoms with E-state index in [1.807, 2.05) is 49.2 Å². The van der Waals surface area contributed by atoms with E-state index in [2.05, 4.69) is 10.3 Å². The average molecular weight is 518 g/mol. The van der Waals surface area contributed by atoms with Crippen LogP contribution >= 0.6 is 35.6 Å². The second-order valence-corrected chi connectivity index (χ2v) is 6.74. The highest BCUT2D eigenvalue weighted by atomic mass is 127. The molecule has 8 heteroatoms. The summed E-state index contributed by atoms with van der Waals surface area (Å²) in [7, 11) is 1.96. The van der Waals surface area contributed by atoms with Crippen molar-refractivity contribution in [1.82, 2.24) is 10.2 Å². The number of halogens is 2. The van der Waals surface area contributed by atoms with E-state index in [0.717, 1.165) is 35.1 Å². The van der Waals surface area contributed by atoms with Crippen LogP contribution in [0.1, 0.15) is 24.2 Å². The van der Waals surface area contributed by atoms with Gasteiger partial charge in [0.15, 0.2) is 17.5 Å². The zero-order valence-electron chi connectivity index (χ0n) is 15.9. The number of rotatable bonds is 6. The maximum atomic E-state index is 10.4. The topological polar surface area (TPSA) is 66.3 Å². The van der Waals surface area contributed by atoms with Gasteiger partial charge in [-0.25, -0.2) is 0 Å². The Morgan fingerprint density at radius 2 is 1.93 bits per heavy atom. The highest BCUT2D eigenvalue weighted by Gasteiger charge is 2.15. The van der Waals surface area contributed by atoms with Crippen molar-refractivity contribution in [3.8, 4) is 11.5 Å². The number of guanidine groups is 1. The molecule has 28 heavy (non-hydrogen) atoms. The molecule has 2 aromatic rings. The Hall–Kier alpha value is -1.71. The molecule has 0 radical (unpaired) electrons. The summed E-state index contributed by atoms with van der Waals surface area (Å²) in [5, 5.41) is 14.3. The van der Waals surface area contributed by atoms with Crippen molar-refractivity contribution in [1.29, 1.82) is 0 Å². The molecule has 6 nitrogen and oxygen atoms in total. The molecule has 1 atom stereocenters. The minimum atomic E-state index is -0.685. The summed E-state index contributed by atoms with van der Waals surface area (Å²) in [4.78, 5) is 6.58. The van der Waals surface area contributed by atoms with Crippen LogP contribution < -0.4 is 14.8 Å². The first-order valence-corrected chi connectivity index (χ1v) is 9.26. The molecule has 0 saturated heterocycles. The lowest BCUT2D eigenvalue weighted by atomic mass is 10.1. The number of hydrogen-bond acceptors (Lipinski definition) is 4. The smallest absolute Gasteiger partial charge is 0.231 e. The van der Waals surface area contributed by atoms with Crippen molar-refractivity contribution >= 4 is 41.5 Å². The highest BCUT2D eigenvalue weighted by molar-refractivity contribution is 14.0. The fourth-order valence-electron chi connectivity index (χ4n) is 2.82. The van der Waals surface area contributed by atoms with Crippen LogP contribution in [-0.2, 0) is 6.54 Å². The van der Waals surface area contributed by atoms with Crippen molar-refractivity contribution < 1.29 is 14.6 Å². The summed E-state index contributed by atoms with van der Waals surface area (Å²) in [6.45, 7) is 3.93. The van der Waals surface area contributed by atoms with Gasteiger partial charge in [0.2, 0.25) is 6.79 Å². The van der Waals surface area contributed by atoms with Crippen LogP contribution in [0.25, 0.3) is 0 Å². The molecular weight excluding hydrogens is 493 g/mol. The minimum absolute atomic E-state index is 0. The van der Waals surface area contributed by atoms with Crippen LogP contribution in [0.5, 0.6) is 11.5 Å². The molecule has 0 amide bonds. The number of benzene rings is 2. The third kappa shape index (κ3) is 5.89. The number of aliphatic hydroxyl groups is 1. The van der Waals surface area contributed by atoms with E-state index < -0.39 is 6.10 Å². The third-order valence-corrected chi connectivity index (χ3v) is 4.47. The van der Waals surface area contributed by atoms with Crippen LogP contribution in [0.2, 0.25) is 5.02 Å². The Labute approximate surface area is 187 Å². The van der Waals surface area contributed by atoms with Crippen molar-refractivity contribution in [2.75, 3.05) is 26.9 Å². The Balaban J connectivity index is 0.00000280. The first kappa shape index (κ1) is 22.6. The number of ether oxygens (including phenoxy) is 2. The van der Waals surface area contributed by atoms with Gasteiger partial charge in [0, 0.05) is 25.2 Å². The fraction of sp³-hybridized carbons (Fsp3) is 0.350. The number of aliphatic hydroxyl groups excluding tert-OH is 1. The normalized spacial score (nSPS) is 13.6. The zero-order valence-corrected chi connectivity index (χ0v) is 19.0. The predicted octanol–water partition coefficient (Wildman–Crippen LogP) is 3.82. The van der Waals surface area contributed by atoms with Crippen molar-refractivity contribution in [2.45, 2.75) is 19.6 Å². The van der Waals surface area contributed by atoms with Gasteiger partial charge in [0.25, 0.3) is 0 Å². The Morgan fingerprint density at radius 3 is 2.64 bits per heavy atom. The molecular formula is C20H25ClIN3O3. The summed E-state index contributed by atoms with van der Waals surface area (Å²) in [5.41, 5.74) is 1.88. The Kier molecular flexibility index (Phi) is 8.65. The summed E-state index contributed by atoms with van der Waals surface area (Å²) in [6.07, 6.45) is -0.685. The molecule has 2 aromatic carbocycles. The van der Waals surface area contributed by atoms with Gasteiger partial charge < -0.3 is 24.8 Å². The number of nitrogens with one attached hydrogen (secondary N) is 1. The predicted molar refractivity (Wildman–Crippen MR) is 122 cm³/mol. The van der Waals surface area contributed by atoms with Gasteiger partial charge in [-0.15, -0.1) is 24.0 Å². The van der Waals surface area contributed by atoms with Gasteiger partial charge in [-0.1, -0.05) is 29.8 Å². The van der Waals surface area contributed by atoms with E-state index in [4.69, 9.17) is 21.1 Å². The van der Waals surface area contributed by atoms with Crippen LogP contribution in [0.15, 0.2) is 47.5 Å². The molecule has 1 heterocycles. The summed E-state index contributed by atoms with van der Waals surface area (Å²) in [6, 6.07) is 13.1. The summed E-state index contributed by atoms with van der Waals surface area (Å²) in [5.74, 6) is 2.26. The summed E-state index contributed by atoms with van der Waals surface area (Å²) >= 11 is 5.90. The van der Waals surface area contributed by atoms with Crippen LogP contribution in [0.3, 0.4) is 0 Å². The second kappa shape index (κ2) is 10.7. The lowest BCUT2D eigenvalue weighted by Crippen LogP contribution is -2.38. The van der Waals surface area contributed by atoms with Crippen LogP contribution in [-0.4, -0.2) is 42.9 Å². The molecule has 3 rings (SSSR count). The monoisotopic (exact) mass is 517 g/mol. The molecule has 1 unspecified atom stereocenters. The highest BCUT2D eigenvalue weighted by Crippen LogP contribution is 2.32. The van der Waals surface area contributed by atoms with E-state index in [-0.39, 0.29) is 37.3 Å². The first-order chi connectivity index (χ1) is 13.1. The molecule has 0 aliphatic carbocycles. The quantitative estimate of drug-likeness (QED) is 0.347. The maximum Gasteiger partial charge on any atom is 0.231 e. The maximum absolute atomic E-state index is 10.4. The lowest BCUT2D eigenvalue weighted by Gasteiger charge is -2.23. The van der Waals surface area contributed by atoms with Crippen LogP contribution in [0, 0.1) is 0 Å².